The van der Waals surface area contributed by atoms with Gasteiger partial charge in [-0.1, -0.05) is 23.1 Å². The van der Waals surface area contributed by atoms with Crippen molar-refractivity contribution >= 4 is 34.0 Å². The Morgan fingerprint density at radius 1 is 1.26 bits per heavy atom. The van der Waals surface area contributed by atoms with Crippen LogP contribution in [-0.4, -0.2) is 40.8 Å². The second kappa shape index (κ2) is 6.67. The summed E-state index contributed by atoms with van der Waals surface area (Å²) in [5.41, 5.74) is 0.938. The zero-order valence-electron chi connectivity index (χ0n) is 11.1. The minimum Gasteiger partial charge on any atom is -0.369 e. The Balaban J connectivity index is 1.90. The van der Waals surface area contributed by atoms with E-state index in [1.807, 2.05) is 25.9 Å². The van der Waals surface area contributed by atoms with Gasteiger partial charge in [0.2, 0.25) is 5.13 Å². The molecule has 0 saturated carbocycles. The van der Waals surface area contributed by atoms with E-state index in [0.29, 0.717) is 0 Å². The summed E-state index contributed by atoms with van der Waals surface area (Å²) >= 11 is 3.20. The molecule has 0 aliphatic rings. The van der Waals surface area contributed by atoms with Crippen molar-refractivity contribution in [3.8, 4) is 0 Å². The number of hydrogen-bond donors (Lipinski definition) is 1. The van der Waals surface area contributed by atoms with Gasteiger partial charge in [0.1, 0.15) is 5.82 Å². The lowest BCUT2D eigenvalue weighted by Gasteiger charge is -2.04. The van der Waals surface area contributed by atoms with Crippen LogP contribution in [0.1, 0.15) is 12.6 Å². The summed E-state index contributed by atoms with van der Waals surface area (Å²) in [5.74, 6) is 1.56. The van der Waals surface area contributed by atoms with Crippen molar-refractivity contribution < 1.29 is 0 Å². The number of anilines is 2. The van der Waals surface area contributed by atoms with Gasteiger partial charge in [-0.15, -0.1) is 10.2 Å². The molecule has 2 aromatic rings. The molecule has 0 bridgehead atoms. The third-order valence-corrected chi connectivity index (χ3v) is 4.44. The number of nitrogens with zero attached hydrogens (tertiary/aromatic N) is 5. The quantitative estimate of drug-likeness (QED) is 0.819. The van der Waals surface area contributed by atoms with E-state index in [4.69, 9.17) is 0 Å². The molecule has 0 aromatic carbocycles. The number of thioether (sulfide) groups is 1. The summed E-state index contributed by atoms with van der Waals surface area (Å²) in [6.45, 7) is 2.88. The highest BCUT2D eigenvalue weighted by atomic mass is 32.2. The largest absolute Gasteiger partial charge is 0.369 e. The standard InChI is InChI=1S/C11H16N6S2/c1-4-12-9-6-13-8(5-14-9)7-18-11-16-15-10(19-11)17(2)3/h5-6H,4,7H2,1-3H3,(H,12,14). The van der Waals surface area contributed by atoms with Gasteiger partial charge in [-0.3, -0.25) is 4.98 Å². The number of aromatic nitrogens is 4. The molecule has 0 amide bonds. The highest BCUT2D eigenvalue weighted by Crippen LogP contribution is 2.28. The lowest BCUT2D eigenvalue weighted by atomic mass is 10.5. The fourth-order valence-corrected chi connectivity index (χ4v) is 2.94. The van der Waals surface area contributed by atoms with Crippen LogP contribution in [0.25, 0.3) is 0 Å². The molecule has 6 nitrogen and oxygen atoms in total. The Morgan fingerprint density at radius 3 is 2.68 bits per heavy atom. The molecule has 0 aliphatic heterocycles. The average Bonchev–Trinajstić information content (AvgIpc) is 2.87. The summed E-state index contributed by atoms with van der Waals surface area (Å²) in [6.07, 6.45) is 3.55. The maximum Gasteiger partial charge on any atom is 0.208 e. The summed E-state index contributed by atoms with van der Waals surface area (Å²) in [7, 11) is 3.92. The van der Waals surface area contributed by atoms with Crippen molar-refractivity contribution in [1.82, 2.24) is 20.2 Å². The lowest BCUT2D eigenvalue weighted by molar-refractivity contribution is 0.971. The number of nitrogens with one attached hydrogen (secondary N) is 1. The predicted molar refractivity (Wildman–Crippen MR) is 80.0 cm³/mol. The van der Waals surface area contributed by atoms with Gasteiger partial charge in [-0.05, 0) is 6.92 Å². The first-order valence-electron chi connectivity index (χ1n) is 5.87. The van der Waals surface area contributed by atoms with Crippen LogP contribution in [0.15, 0.2) is 16.7 Å². The van der Waals surface area contributed by atoms with Crippen LogP contribution >= 0.6 is 23.1 Å². The van der Waals surface area contributed by atoms with E-state index >= 15 is 0 Å². The zero-order valence-corrected chi connectivity index (χ0v) is 12.8. The molecule has 102 valence electrons. The second-order valence-corrected chi connectivity index (χ2v) is 6.14. The third kappa shape index (κ3) is 4.03. The molecule has 2 heterocycles. The highest BCUT2D eigenvalue weighted by Gasteiger charge is 2.07. The SMILES string of the molecule is CCNc1cnc(CSc2nnc(N(C)C)s2)cn1. The summed E-state index contributed by atoms with van der Waals surface area (Å²) in [5, 5.41) is 12.3. The summed E-state index contributed by atoms with van der Waals surface area (Å²) in [4.78, 5) is 10.6. The van der Waals surface area contributed by atoms with Gasteiger partial charge in [0.25, 0.3) is 0 Å². The van der Waals surface area contributed by atoms with E-state index in [-0.39, 0.29) is 0 Å². The Hall–Kier alpha value is -1.41. The van der Waals surface area contributed by atoms with E-state index in [1.54, 1.807) is 35.5 Å². The maximum atomic E-state index is 4.35. The molecule has 1 N–H and O–H groups in total. The molecule has 2 rings (SSSR count). The Bertz CT molecular complexity index is 510. The summed E-state index contributed by atoms with van der Waals surface area (Å²) in [6, 6.07) is 0. The van der Waals surface area contributed by atoms with Gasteiger partial charge >= 0.3 is 0 Å². The third-order valence-electron chi connectivity index (χ3n) is 2.19. The molecule has 0 atom stereocenters. The number of hydrogen-bond acceptors (Lipinski definition) is 8. The fourth-order valence-electron chi connectivity index (χ4n) is 1.28. The van der Waals surface area contributed by atoms with Crippen molar-refractivity contribution in [1.29, 1.82) is 0 Å². The fraction of sp³-hybridized carbons (Fsp3) is 0.455. The van der Waals surface area contributed by atoms with Crippen molar-refractivity contribution in [3.63, 3.8) is 0 Å². The van der Waals surface area contributed by atoms with Crippen molar-refractivity contribution in [3.05, 3.63) is 18.1 Å². The topological polar surface area (TPSA) is 66.8 Å². The van der Waals surface area contributed by atoms with Crippen molar-refractivity contribution in [2.75, 3.05) is 30.9 Å². The second-order valence-electron chi connectivity index (χ2n) is 3.96. The predicted octanol–water partition coefficient (Wildman–Crippen LogP) is 2.12. The van der Waals surface area contributed by atoms with Crippen LogP contribution < -0.4 is 10.2 Å². The Morgan fingerprint density at radius 2 is 2.11 bits per heavy atom. The molecule has 8 heteroatoms. The molecule has 19 heavy (non-hydrogen) atoms. The van der Waals surface area contributed by atoms with Crippen molar-refractivity contribution in [2.45, 2.75) is 17.0 Å². The van der Waals surface area contributed by atoms with E-state index in [0.717, 1.165) is 33.3 Å². The van der Waals surface area contributed by atoms with Crippen LogP contribution in [0, 0.1) is 0 Å². The zero-order chi connectivity index (χ0) is 13.7. The highest BCUT2D eigenvalue weighted by molar-refractivity contribution is 8.00. The lowest BCUT2D eigenvalue weighted by Crippen LogP contribution is -2.07. The van der Waals surface area contributed by atoms with Gasteiger partial charge in [-0.2, -0.15) is 0 Å². The maximum absolute atomic E-state index is 4.35. The van der Waals surface area contributed by atoms with E-state index < -0.39 is 0 Å². The Kier molecular flexibility index (Phi) is 4.92. The molecule has 2 aromatic heterocycles. The monoisotopic (exact) mass is 296 g/mol. The molecule has 0 aliphatic carbocycles. The van der Waals surface area contributed by atoms with Crippen LogP contribution in [0.4, 0.5) is 10.9 Å². The number of rotatable bonds is 6. The molecule has 0 spiro atoms. The first-order chi connectivity index (χ1) is 9.19. The molecular weight excluding hydrogens is 280 g/mol. The van der Waals surface area contributed by atoms with Gasteiger partial charge in [0.05, 0.1) is 18.1 Å². The Labute approximate surface area is 120 Å². The van der Waals surface area contributed by atoms with Gasteiger partial charge in [0, 0.05) is 26.4 Å². The molecule has 0 fully saturated rings. The summed E-state index contributed by atoms with van der Waals surface area (Å²) < 4.78 is 0.946. The first kappa shape index (κ1) is 14.0. The van der Waals surface area contributed by atoms with Crippen LogP contribution in [0.3, 0.4) is 0 Å². The molecule has 0 radical (unpaired) electrons. The minimum absolute atomic E-state index is 0.751. The van der Waals surface area contributed by atoms with Gasteiger partial charge in [-0.25, -0.2) is 4.98 Å². The van der Waals surface area contributed by atoms with Gasteiger partial charge < -0.3 is 10.2 Å². The molecule has 0 saturated heterocycles. The van der Waals surface area contributed by atoms with Crippen molar-refractivity contribution in [2.24, 2.45) is 0 Å². The minimum atomic E-state index is 0.751. The van der Waals surface area contributed by atoms with E-state index in [9.17, 15) is 0 Å². The molecular formula is C11H16N6S2. The van der Waals surface area contributed by atoms with E-state index in [2.05, 4.69) is 25.5 Å². The first-order valence-corrected chi connectivity index (χ1v) is 7.67. The average molecular weight is 296 g/mol. The van der Waals surface area contributed by atoms with Crippen LogP contribution in [-0.2, 0) is 5.75 Å². The van der Waals surface area contributed by atoms with Crippen LogP contribution in [0.5, 0.6) is 0 Å². The normalized spacial score (nSPS) is 10.5. The smallest absolute Gasteiger partial charge is 0.208 e. The molecule has 0 unspecified atom stereocenters. The van der Waals surface area contributed by atoms with Gasteiger partial charge in [0.15, 0.2) is 4.34 Å². The van der Waals surface area contributed by atoms with E-state index in [1.165, 1.54) is 0 Å². The van der Waals surface area contributed by atoms with Crippen LogP contribution in [0.2, 0.25) is 0 Å².